The summed E-state index contributed by atoms with van der Waals surface area (Å²) in [5.41, 5.74) is 0.502. The predicted octanol–water partition coefficient (Wildman–Crippen LogP) is 2.82. The molecule has 2 N–H and O–H groups in total. The predicted molar refractivity (Wildman–Crippen MR) is 77.9 cm³/mol. The van der Waals surface area contributed by atoms with Crippen LogP contribution in [0.4, 0.5) is 14.5 Å². The standard InChI is InChI=1S/C12H13BrF2N2O2.ClH/c1-19-10-4-7(2-3-8(10)13)17-11(18)9-5-12(14,15)6-16-9;/h2-4,9,16H,5-6H2,1H3,(H,17,18);1H. The highest BCUT2D eigenvalue weighted by Crippen LogP contribution is 2.29. The summed E-state index contributed by atoms with van der Waals surface area (Å²) in [7, 11) is 1.50. The van der Waals surface area contributed by atoms with Crippen LogP contribution < -0.4 is 15.4 Å². The number of rotatable bonds is 3. The van der Waals surface area contributed by atoms with Crippen molar-refractivity contribution in [1.82, 2.24) is 5.32 Å². The van der Waals surface area contributed by atoms with Crippen LogP contribution in [0.1, 0.15) is 6.42 Å². The van der Waals surface area contributed by atoms with Crippen LogP contribution in [0.3, 0.4) is 0 Å². The molecular formula is C12H14BrClF2N2O2. The highest BCUT2D eigenvalue weighted by Gasteiger charge is 2.42. The van der Waals surface area contributed by atoms with Crippen molar-refractivity contribution in [2.75, 3.05) is 19.0 Å². The number of halogens is 4. The van der Waals surface area contributed by atoms with Crippen molar-refractivity contribution < 1.29 is 18.3 Å². The van der Waals surface area contributed by atoms with Crippen molar-refractivity contribution in [3.05, 3.63) is 22.7 Å². The van der Waals surface area contributed by atoms with Gasteiger partial charge in [-0.2, -0.15) is 0 Å². The molecule has 4 nitrogen and oxygen atoms in total. The number of hydrogen-bond donors (Lipinski definition) is 2. The van der Waals surface area contributed by atoms with Gasteiger partial charge in [0.25, 0.3) is 5.92 Å². The van der Waals surface area contributed by atoms with Crippen molar-refractivity contribution in [1.29, 1.82) is 0 Å². The van der Waals surface area contributed by atoms with Crippen LogP contribution in [0, 0.1) is 0 Å². The minimum atomic E-state index is -2.82. The second-order valence-corrected chi connectivity index (χ2v) is 5.19. The fourth-order valence-corrected chi connectivity index (χ4v) is 2.28. The van der Waals surface area contributed by atoms with Gasteiger partial charge in [0, 0.05) is 18.2 Å². The van der Waals surface area contributed by atoms with Crippen LogP contribution >= 0.6 is 28.3 Å². The third-order valence-corrected chi connectivity index (χ3v) is 3.50. The zero-order chi connectivity index (χ0) is 14.0. The van der Waals surface area contributed by atoms with Gasteiger partial charge in [-0.25, -0.2) is 8.78 Å². The van der Waals surface area contributed by atoms with E-state index < -0.39 is 30.8 Å². The molecule has 2 rings (SSSR count). The van der Waals surface area contributed by atoms with Gasteiger partial charge in [0.15, 0.2) is 0 Å². The number of alkyl halides is 2. The Hall–Kier alpha value is -0.920. The minimum absolute atomic E-state index is 0. The second-order valence-electron chi connectivity index (χ2n) is 4.33. The zero-order valence-corrected chi connectivity index (χ0v) is 13.0. The van der Waals surface area contributed by atoms with Crippen LogP contribution in [0.2, 0.25) is 0 Å². The maximum atomic E-state index is 13.0. The second kappa shape index (κ2) is 6.69. The number of ether oxygens (including phenoxy) is 1. The molecule has 0 aromatic heterocycles. The molecule has 0 bridgehead atoms. The number of hydrogen-bond acceptors (Lipinski definition) is 3. The van der Waals surface area contributed by atoms with Gasteiger partial charge in [0.2, 0.25) is 5.91 Å². The number of anilines is 1. The van der Waals surface area contributed by atoms with Crippen LogP contribution in [-0.2, 0) is 4.79 Å². The summed E-state index contributed by atoms with van der Waals surface area (Å²) < 4.78 is 31.8. The molecule has 1 heterocycles. The molecule has 0 aliphatic carbocycles. The Morgan fingerprint density at radius 3 is 2.80 bits per heavy atom. The summed E-state index contributed by atoms with van der Waals surface area (Å²) in [6.45, 7) is -0.464. The summed E-state index contributed by atoms with van der Waals surface area (Å²) in [4.78, 5) is 11.8. The Balaban J connectivity index is 0.00000200. The first-order valence-electron chi connectivity index (χ1n) is 5.67. The molecule has 1 fully saturated rings. The van der Waals surface area contributed by atoms with Crippen LogP contribution in [0.25, 0.3) is 0 Å². The molecule has 20 heavy (non-hydrogen) atoms. The Labute approximate surface area is 129 Å². The molecule has 1 unspecified atom stereocenters. The van der Waals surface area contributed by atoms with Gasteiger partial charge in [-0.1, -0.05) is 0 Å². The van der Waals surface area contributed by atoms with E-state index in [2.05, 4.69) is 26.6 Å². The smallest absolute Gasteiger partial charge is 0.262 e. The highest BCUT2D eigenvalue weighted by molar-refractivity contribution is 9.10. The first kappa shape index (κ1) is 17.1. The molecule has 1 aromatic rings. The summed E-state index contributed by atoms with van der Waals surface area (Å²) in [5.74, 6) is -2.73. The largest absolute Gasteiger partial charge is 0.495 e. The van der Waals surface area contributed by atoms with Gasteiger partial charge in [-0.3, -0.25) is 10.1 Å². The monoisotopic (exact) mass is 370 g/mol. The molecule has 112 valence electrons. The minimum Gasteiger partial charge on any atom is -0.495 e. The molecule has 0 spiro atoms. The van der Waals surface area contributed by atoms with Crippen LogP contribution in [-0.4, -0.2) is 31.5 Å². The molecule has 1 aliphatic heterocycles. The van der Waals surface area contributed by atoms with E-state index in [-0.39, 0.29) is 12.4 Å². The number of amides is 1. The van der Waals surface area contributed by atoms with E-state index in [9.17, 15) is 13.6 Å². The molecule has 1 saturated heterocycles. The summed E-state index contributed by atoms with van der Waals surface area (Å²) in [6, 6.07) is 4.13. The molecule has 1 atom stereocenters. The third-order valence-electron chi connectivity index (χ3n) is 2.85. The Morgan fingerprint density at radius 2 is 2.25 bits per heavy atom. The normalized spacial score (nSPS) is 20.1. The quantitative estimate of drug-likeness (QED) is 0.859. The van der Waals surface area contributed by atoms with Gasteiger partial charge in [-0.05, 0) is 28.1 Å². The Morgan fingerprint density at radius 1 is 1.55 bits per heavy atom. The zero-order valence-electron chi connectivity index (χ0n) is 10.6. The first-order valence-corrected chi connectivity index (χ1v) is 6.46. The van der Waals surface area contributed by atoms with Gasteiger partial charge in [0.1, 0.15) is 5.75 Å². The number of carbonyl (C=O) groups is 1. The fourth-order valence-electron chi connectivity index (χ4n) is 1.87. The van der Waals surface area contributed by atoms with E-state index in [0.717, 1.165) is 4.47 Å². The maximum Gasteiger partial charge on any atom is 0.262 e. The van der Waals surface area contributed by atoms with Crippen molar-refractivity contribution in [2.24, 2.45) is 0 Å². The summed E-state index contributed by atoms with van der Waals surface area (Å²) in [5, 5.41) is 5.09. The maximum absolute atomic E-state index is 13.0. The number of methoxy groups -OCH3 is 1. The lowest BCUT2D eigenvalue weighted by atomic mass is 10.2. The Bertz CT molecular complexity index is 502. The van der Waals surface area contributed by atoms with Crippen molar-refractivity contribution in [2.45, 2.75) is 18.4 Å². The summed E-state index contributed by atoms with van der Waals surface area (Å²) >= 11 is 3.29. The Kier molecular flexibility index (Phi) is 5.73. The molecule has 0 radical (unpaired) electrons. The van der Waals surface area contributed by atoms with Crippen molar-refractivity contribution in [3.63, 3.8) is 0 Å². The van der Waals surface area contributed by atoms with Crippen LogP contribution in [0.15, 0.2) is 22.7 Å². The first-order chi connectivity index (χ1) is 8.91. The average Bonchev–Trinajstić information content (AvgIpc) is 2.72. The molecule has 1 aliphatic rings. The van der Waals surface area contributed by atoms with Crippen molar-refractivity contribution >= 4 is 39.9 Å². The fraction of sp³-hybridized carbons (Fsp3) is 0.417. The SMILES string of the molecule is COc1cc(NC(=O)C2CC(F)(F)CN2)ccc1Br.Cl. The number of benzene rings is 1. The lowest BCUT2D eigenvalue weighted by Crippen LogP contribution is -2.35. The van der Waals surface area contributed by atoms with E-state index >= 15 is 0 Å². The molecule has 0 saturated carbocycles. The highest BCUT2D eigenvalue weighted by atomic mass is 79.9. The lowest BCUT2D eigenvalue weighted by Gasteiger charge is -2.12. The van der Waals surface area contributed by atoms with E-state index in [0.29, 0.717) is 11.4 Å². The third kappa shape index (κ3) is 4.04. The van der Waals surface area contributed by atoms with E-state index in [1.807, 2.05) is 0 Å². The summed E-state index contributed by atoms with van der Waals surface area (Å²) in [6.07, 6.45) is -0.480. The molecule has 1 aromatic carbocycles. The van der Waals surface area contributed by atoms with Gasteiger partial charge < -0.3 is 10.1 Å². The lowest BCUT2D eigenvalue weighted by molar-refractivity contribution is -0.118. The van der Waals surface area contributed by atoms with Gasteiger partial charge in [0.05, 0.1) is 24.2 Å². The number of carbonyl (C=O) groups excluding carboxylic acids is 1. The average molecular weight is 372 g/mol. The topological polar surface area (TPSA) is 50.4 Å². The van der Waals surface area contributed by atoms with Gasteiger partial charge in [-0.15, -0.1) is 12.4 Å². The van der Waals surface area contributed by atoms with Gasteiger partial charge >= 0.3 is 0 Å². The molecule has 1 amide bonds. The van der Waals surface area contributed by atoms with E-state index in [4.69, 9.17) is 4.74 Å². The van der Waals surface area contributed by atoms with E-state index in [1.54, 1.807) is 18.2 Å². The number of nitrogens with one attached hydrogen (secondary N) is 2. The van der Waals surface area contributed by atoms with E-state index in [1.165, 1.54) is 7.11 Å². The van der Waals surface area contributed by atoms with Crippen molar-refractivity contribution in [3.8, 4) is 5.75 Å². The molecular weight excluding hydrogens is 357 g/mol. The van der Waals surface area contributed by atoms with Crippen LogP contribution in [0.5, 0.6) is 5.75 Å². The molecule has 8 heteroatoms.